The van der Waals surface area contributed by atoms with Crippen molar-refractivity contribution in [2.75, 3.05) is 23.9 Å². The van der Waals surface area contributed by atoms with Gasteiger partial charge >= 0.3 is 12.4 Å². The van der Waals surface area contributed by atoms with Gasteiger partial charge in [0.1, 0.15) is 40.9 Å². The van der Waals surface area contributed by atoms with Crippen molar-refractivity contribution in [3.63, 3.8) is 0 Å². The average molecular weight is 996 g/mol. The van der Waals surface area contributed by atoms with E-state index in [9.17, 15) is 56.8 Å². The number of benzene rings is 2. The highest BCUT2D eigenvalue weighted by atomic mass is 35.5. The quantitative estimate of drug-likeness (QED) is 0.104. The predicted octanol–water partition coefficient (Wildman–Crippen LogP) is 7.93. The molecule has 0 unspecified atom stereocenters. The maximum Gasteiger partial charge on any atom is 0.435 e. The van der Waals surface area contributed by atoms with Crippen LogP contribution in [-0.4, -0.2) is 77.8 Å². The highest BCUT2D eigenvalue weighted by Crippen LogP contribution is 2.71. The monoisotopic (exact) mass is 995 g/mol. The van der Waals surface area contributed by atoms with E-state index in [2.05, 4.69) is 32.3 Å². The van der Waals surface area contributed by atoms with Gasteiger partial charge in [-0.1, -0.05) is 30.5 Å². The number of fused-ring (bicyclic) bond motifs is 4. The van der Waals surface area contributed by atoms with E-state index in [0.29, 0.717) is 15.1 Å². The minimum Gasteiger partial charge on any atom is -0.346 e. The first kappa shape index (κ1) is 48.5. The molecular weight excluding hydrogens is 960 g/mol. The van der Waals surface area contributed by atoms with Crippen LogP contribution in [0.15, 0.2) is 42.5 Å². The number of sulfonamides is 1. The molecule has 66 heavy (non-hydrogen) atoms. The van der Waals surface area contributed by atoms with Gasteiger partial charge in [0.25, 0.3) is 5.92 Å². The topological polar surface area (TPSA) is 149 Å². The molecule has 7 rings (SSSR count). The maximum absolute atomic E-state index is 15.7. The number of hydrogen-bond acceptors (Lipinski definition) is 8. The normalized spacial score (nSPS) is 18.7. The molecule has 1 saturated carbocycles. The van der Waals surface area contributed by atoms with E-state index in [-0.39, 0.29) is 43.2 Å². The lowest BCUT2D eigenvalue weighted by atomic mass is 9.93. The average Bonchev–Trinajstić information content (AvgIpc) is 3.38. The summed E-state index contributed by atoms with van der Waals surface area (Å²) in [5, 5.41) is 9.25. The molecule has 12 nitrogen and oxygen atoms in total. The SMILES string of the molecule is C[C@@H]1[C@@H]2c3c(C(F)(F)F)nn(CC(=O)N[C@@H](Cc4cc(F)cc(F)c4)c4nc(C#CC(C)(C)S(C)(=O)=O)ccc4-c4ccc(Cl)c5c(N(C)S(C)(=O)=O)nn(CC(F)(F)F)c45)c3C(F)(F)[C@H]12. The fraction of sp³-hybridized carbons (Fsp3) is 0.415. The van der Waals surface area contributed by atoms with Crippen LogP contribution in [-0.2, 0) is 56.3 Å². The molecule has 0 saturated heterocycles. The third-order valence-corrected chi connectivity index (χ3v) is 15.0. The number of carbonyl (C=O) groups excluding carboxylic acids is 1. The first-order chi connectivity index (χ1) is 30.2. The second-order valence-electron chi connectivity index (χ2n) is 16.7. The van der Waals surface area contributed by atoms with Gasteiger partial charge in [-0.2, -0.15) is 45.3 Å². The standard InChI is InChI=1S/C41H36ClF10N7O5S2/c1-19-29-31-35(41(50,51)52)55-58(36(31)40(48,49)32(19)29)17-28(60)54-27(15-20-13-21(43)16-22(44)14-20)33-24(8-7-23(53-33)11-12-38(2,3)65(5,61)62)25-9-10-26(42)30-34(25)59(18-39(45,46)47)56-37(30)57(4)66(6,63)64/h7-10,13-14,16,19,27,29,32H,15,17-18H2,1-6H3,(H,54,60)/t19-,27+,29-,32-/m1/s1. The van der Waals surface area contributed by atoms with Gasteiger partial charge in [0.05, 0.1) is 33.9 Å². The highest BCUT2D eigenvalue weighted by Gasteiger charge is 2.72. The molecule has 0 radical (unpaired) electrons. The van der Waals surface area contributed by atoms with Gasteiger partial charge in [-0.3, -0.25) is 18.5 Å². The molecule has 2 aliphatic rings. The third kappa shape index (κ3) is 9.04. The van der Waals surface area contributed by atoms with Gasteiger partial charge in [0.2, 0.25) is 15.9 Å². The van der Waals surface area contributed by atoms with Crippen LogP contribution in [0.3, 0.4) is 0 Å². The fourth-order valence-electron chi connectivity index (χ4n) is 8.13. The number of pyridine rings is 1. The molecule has 0 spiro atoms. The van der Waals surface area contributed by atoms with E-state index >= 15 is 8.78 Å². The first-order valence-electron chi connectivity index (χ1n) is 19.5. The number of alkyl halides is 8. The minimum atomic E-state index is -5.20. The number of amides is 1. The van der Waals surface area contributed by atoms with Crippen LogP contribution in [0.1, 0.15) is 66.6 Å². The van der Waals surface area contributed by atoms with E-state index in [0.717, 1.165) is 31.7 Å². The van der Waals surface area contributed by atoms with Gasteiger partial charge in [0.15, 0.2) is 21.3 Å². The van der Waals surface area contributed by atoms with Crippen molar-refractivity contribution in [1.82, 2.24) is 29.9 Å². The summed E-state index contributed by atoms with van der Waals surface area (Å²) in [7, 11) is -7.06. The number of sulfone groups is 1. The van der Waals surface area contributed by atoms with Crippen molar-refractivity contribution in [2.45, 2.75) is 75.3 Å². The summed E-state index contributed by atoms with van der Waals surface area (Å²) in [5.74, 6) is -6.23. The van der Waals surface area contributed by atoms with Crippen LogP contribution in [0.2, 0.25) is 5.02 Å². The Bertz CT molecular complexity index is 3100. The number of nitrogens with zero attached hydrogens (tertiary/aromatic N) is 6. The molecule has 0 aliphatic heterocycles. The number of nitrogens with one attached hydrogen (secondary N) is 1. The van der Waals surface area contributed by atoms with Gasteiger partial charge < -0.3 is 5.32 Å². The van der Waals surface area contributed by atoms with Crippen LogP contribution in [0.25, 0.3) is 22.0 Å². The number of halogens is 11. The minimum absolute atomic E-state index is 0.191. The molecule has 2 aromatic carbocycles. The van der Waals surface area contributed by atoms with E-state index in [1.807, 2.05) is 0 Å². The smallest absolute Gasteiger partial charge is 0.346 e. The van der Waals surface area contributed by atoms with Gasteiger partial charge in [-0.05, 0) is 68.0 Å². The lowest BCUT2D eigenvalue weighted by Gasteiger charge is -2.23. The second kappa shape index (κ2) is 16.1. The summed E-state index contributed by atoms with van der Waals surface area (Å²) < 4.78 is 196. The Hall–Kier alpha value is -5.41. The molecule has 2 aliphatic carbocycles. The molecule has 1 N–H and O–H groups in total. The summed E-state index contributed by atoms with van der Waals surface area (Å²) in [6.07, 6.45) is -9.17. The molecule has 3 aromatic heterocycles. The second-order valence-corrected chi connectivity index (χ2v) is 21.7. The molecule has 1 fully saturated rings. The molecule has 4 atom stereocenters. The summed E-state index contributed by atoms with van der Waals surface area (Å²) in [4.78, 5) is 18.6. The third-order valence-electron chi connectivity index (χ3n) is 11.6. The van der Waals surface area contributed by atoms with Crippen LogP contribution >= 0.6 is 11.6 Å². The Balaban J connectivity index is 1.46. The zero-order valence-corrected chi connectivity index (χ0v) is 37.6. The van der Waals surface area contributed by atoms with Gasteiger partial charge in [-0.15, -0.1) is 0 Å². The molecule has 1 amide bonds. The van der Waals surface area contributed by atoms with Gasteiger partial charge in [0, 0.05) is 47.9 Å². The Kier molecular flexibility index (Phi) is 11.9. The Morgan fingerprint density at radius 3 is 2.15 bits per heavy atom. The van der Waals surface area contributed by atoms with E-state index in [1.54, 1.807) is 0 Å². The molecular formula is C41H36ClF10N7O5S2. The maximum atomic E-state index is 15.7. The zero-order chi connectivity index (χ0) is 49.0. The Labute approximate surface area is 375 Å². The van der Waals surface area contributed by atoms with E-state index < -0.39 is 132 Å². The van der Waals surface area contributed by atoms with Crippen molar-refractivity contribution in [2.24, 2.45) is 11.8 Å². The van der Waals surface area contributed by atoms with Crippen molar-refractivity contribution >= 4 is 54.1 Å². The van der Waals surface area contributed by atoms with E-state index in [4.69, 9.17) is 11.6 Å². The van der Waals surface area contributed by atoms with Crippen molar-refractivity contribution in [3.8, 4) is 23.0 Å². The lowest BCUT2D eigenvalue weighted by molar-refractivity contribution is -0.143. The summed E-state index contributed by atoms with van der Waals surface area (Å²) in [5.41, 5.74) is -5.13. The van der Waals surface area contributed by atoms with Crippen molar-refractivity contribution in [3.05, 3.63) is 93.0 Å². The zero-order valence-electron chi connectivity index (χ0n) is 35.2. The lowest BCUT2D eigenvalue weighted by Crippen LogP contribution is -2.35. The molecule has 25 heteroatoms. The number of hydrogen-bond donors (Lipinski definition) is 1. The van der Waals surface area contributed by atoms with Crippen molar-refractivity contribution < 1.29 is 65.5 Å². The predicted molar refractivity (Wildman–Crippen MR) is 221 cm³/mol. The van der Waals surface area contributed by atoms with Crippen LogP contribution < -0.4 is 9.62 Å². The number of aromatic nitrogens is 5. The van der Waals surface area contributed by atoms with Crippen LogP contribution in [0.4, 0.5) is 49.7 Å². The summed E-state index contributed by atoms with van der Waals surface area (Å²) in [6.45, 7) is 0.818. The van der Waals surface area contributed by atoms with Crippen LogP contribution in [0, 0.1) is 35.3 Å². The molecule has 0 bridgehead atoms. The molecule has 5 aromatic rings. The number of carbonyl (C=O) groups is 1. The Morgan fingerprint density at radius 1 is 0.955 bits per heavy atom. The summed E-state index contributed by atoms with van der Waals surface area (Å²) >= 11 is 6.54. The fourth-order valence-corrected chi connectivity index (χ4v) is 9.04. The molecule has 354 valence electrons. The van der Waals surface area contributed by atoms with E-state index in [1.165, 1.54) is 45.0 Å². The highest BCUT2D eigenvalue weighted by molar-refractivity contribution is 7.92. The van der Waals surface area contributed by atoms with Crippen molar-refractivity contribution in [1.29, 1.82) is 0 Å². The van der Waals surface area contributed by atoms with Gasteiger partial charge in [-0.25, -0.2) is 30.6 Å². The number of rotatable bonds is 11. The molecule has 3 heterocycles. The van der Waals surface area contributed by atoms with Crippen LogP contribution in [0.5, 0.6) is 0 Å². The number of anilines is 1. The summed E-state index contributed by atoms with van der Waals surface area (Å²) in [6, 6.07) is 5.31. The largest absolute Gasteiger partial charge is 0.435 e. The first-order valence-corrected chi connectivity index (χ1v) is 23.6. The Morgan fingerprint density at radius 2 is 1.58 bits per heavy atom.